The van der Waals surface area contributed by atoms with Crippen molar-refractivity contribution in [1.29, 1.82) is 0 Å². The molecule has 1 aromatic carbocycles. The normalized spacial score (nSPS) is 14.9. The molecular weight excluding hydrogens is 198 g/mol. The van der Waals surface area contributed by atoms with E-state index in [9.17, 15) is 0 Å². The highest BCUT2D eigenvalue weighted by molar-refractivity contribution is 5.30. The Bertz CT molecular complexity index is 322. The van der Waals surface area contributed by atoms with E-state index in [1.54, 1.807) is 7.11 Å². The summed E-state index contributed by atoms with van der Waals surface area (Å²) in [6, 6.07) is 8.68. The Labute approximate surface area is 99.0 Å². The summed E-state index contributed by atoms with van der Waals surface area (Å²) in [7, 11) is 3.72. The molecule has 0 aromatic heterocycles. The zero-order chi connectivity index (χ0) is 12.1. The Balaban J connectivity index is 2.94. The first kappa shape index (κ1) is 13.0. The number of hydrogen-bond acceptors (Lipinski definition) is 2. The third-order valence-corrected chi connectivity index (χ3v) is 3.34. The lowest BCUT2D eigenvalue weighted by molar-refractivity contribution is 0.316. The second kappa shape index (κ2) is 5.90. The van der Waals surface area contributed by atoms with Crippen molar-refractivity contribution in [1.82, 2.24) is 5.32 Å². The van der Waals surface area contributed by atoms with Crippen molar-refractivity contribution in [3.63, 3.8) is 0 Å². The summed E-state index contributed by atoms with van der Waals surface area (Å²) < 4.78 is 5.26. The minimum atomic E-state index is 0.384. The quantitative estimate of drug-likeness (QED) is 0.824. The highest BCUT2D eigenvalue weighted by atomic mass is 16.5. The largest absolute Gasteiger partial charge is 0.497 e. The predicted octanol–water partition coefficient (Wildman–Crippen LogP) is 3.25. The minimum absolute atomic E-state index is 0.384. The number of nitrogens with one attached hydrogen (secondary N) is 1. The smallest absolute Gasteiger partial charge is 0.119 e. The molecule has 2 heteroatoms. The topological polar surface area (TPSA) is 21.3 Å². The van der Waals surface area contributed by atoms with Crippen LogP contribution in [0.25, 0.3) is 0 Å². The maximum absolute atomic E-state index is 5.26. The maximum atomic E-state index is 5.26. The van der Waals surface area contributed by atoms with Gasteiger partial charge < -0.3 is 10.1 Å². The van der Waals surface area contributed by atoms with Crippen LogP contribution in [0.3, 0.4) is 0 Å². The van der Waals surface area contributed by atoms with Crippen LogP contribution in [0.15, 0.2) is 24.3 Å². The fraction of sp³-hybridized carbons (Fsp3) is 0.571. The van der Waals surface area contributed by atoms with E-state index in [1.165, 1.54) is 5.56 Å². The average Bonchev–Trinajstić information content (AvgIpc) is 2.30. The monoisotopic (exact) mass is 221 g/mol. The third kappa shape index (κ3) is 2.99. The van der Waals surface area contributed by atoms with Gasteiger partial charge in [-0.15, -0.1) is 0 Å². The van der Waals surface area contributed by atoms with Crippen molar-refractivity contribution in [2.75, 3.05) is 14.2 Å². The molecule has 0 aliphatic carbocycles. The van der Waals surface area contributed by atoms with E-state index in [0.29, 0.717) is 17.9 Å². The molecule has 0 fully saturated rings. The second-order valence-electron chi connectivity index (χ2n) is 4.65. The van der Waals surface area contributed by atoms with Crippen molar-refractivity contribution in [3.05, 3.63) is 29.8 Å². The standard InChI is InChI=1S/C14H23NO/c1-10(2)11(3)14(15-4)12-7-6-8-13(9-12)16-5/h6-11,14-15H,1-5H3. The molecule has 0 saturated carbocycles. The van der Waals surface area contributed by atoms with E-state index in [-0.39, 0.29) is 0 Å². The summed E-state index contributed by atoms with van der Waals surface area (Å²) >= 11 is 0. The highest BCUT2D eigenvalue weighted by Gasteiger charge is 2.20. The third-order valence-electron chi connectivity index (χ3n) is 3.34. The van der Waals surface area contributed by atoms with Gasteiger partial charge in [-0.2, -0.15) is 0 Å². The van der Waals surface area contributed by atoms with Gasteiger partial charge in [0.15, 0.2) is 0 Å². The number of benzene rings is 1. The number of ether oxygens (including phenoxy) is 1. The molecule has 1 rings (SSSR count). The first-order chi connectivity index (χ1) is 7.60. The van der Waals surface area contributed by atoms with Crippen molar-refractivity contribution in [2.45, 2.75) is 26.8 Å². The summed E-state index contributed by atoms with van der Waals surface area (Å²) in [5.74, 6) is 2.18. The van der Waals surface area contributed by atoms with Gasteiger partial charge in [0.25, 0.3) is 0 Å². The first-order valence-corrected chi connectivity index (χ1v) is 5.91. The van der Waals surface area contributed by atoms with Crippen LogP contribution in [0.2, 0.25) is 0 Å². The Morgan fingerprint density at radius 2 is 1.88 bits per heavy atom. The summed E-state index contributed by atoms with van der Waals surface area (Å²) in [5, 5.41) is 3.40. The van der Waals surface area contributed by atoms with Crippen molar-refractivity contribution < 1.29 is 4.74 Å². The average molecular weight is 221 g/mol. The molecule has 0 radical (unpaired) electrons. The number of rotatable bonds is 5. The molecule has 0 saturated heterocycles. The fourth-order valence-electron chi connectivity index (χ4n) is 1.95. The van der Waals surface area contributed by atoms with Crippen molar-refractivity contribution in [2.24, 2.45) is 11.8 Å². The van der Waals surface area contributed by atoms with Crippen LogP contribution < -0.4 is 10.1 Å². The molecule has 0 heterocycles. The molecular formula is C14H23NO. The van der Waals surface area contributed by atoms with Crippen LogP contribution in [-0.2, 0) is 0 Å². The zero-order valence-corrected chi connectivity index (χ0v) is 10.9. The van der Waals surface area contributed by atoms with Gasteiger partial charge in [-0.1, -0.05) is 32.9 Å². The van der Waals surface area contributed by atoms with Crippen molar-refractivity contribution in [3.8, 4) is 5.75 Å². The van der Waals surface area contributed by atoms with Crippen LogP contribution in [0.4, 0.5) is 0 Å². The summed E-state index contributed by atoms with van der Waals surface area (Å²) in [5.41, 5.74) is 1.29. The molecule has 0 bridgehead atoms. The van der Waals surface area contributed by atoms with Gasteiger partial charge in [-0.3, -0.25) is 0 Å². The van der Waals surface area contributed by atoms with Gasteiger partial charge in [0, 0.05) is 6.04 Å². The van der Waals surface area contributed by atoms with Gasteiger partial charge in [-0.05, 0) is 36.6 Å². The molecule has 2 unspecified atom stereocenters. The Kier molecular flexibility index (Phi) is 4.81. The fourth-order valence-corrected chi connectivity index (χ4v) is 1.95. The van der Waals surface area contributed by atoms with Crippen LogP contribution in [0.5, 0.6) is 5.75 Å². The summed E-state index contributed by atoms with van der Waals surface area (Å²) in [4.78, 5) is 0. The summed E-state index contributed by atoms with van der Waals surface area (Å²) in [6.07, 6.45) is 0. The van der Waals surface area contributed by atoms with E-state index in [0.717, 1.165) is 5.75 Å². The van der Waals surface area contributed by atoms with E-state index < -0.39 is 0 Å². The number of methoxy groups -OCH3 is 1. The van der Waals surface area contributed by atoms with Gasteiger partial charge >= 0.3 is 0 Å². The molecule has 0 amide bonds. The van der Waals surface area contributed by atoms with E-state index >= 15 is 0 Å². The molecule has 0 spiro atoms. The van der Waals surface area contributed by atoms with Gasteiger partial charge in [0.2, 0.25) is 0 Å². The lowest BCUT2D eigenvalue weighted by Crippen LogP contribution is -2.26. The van der Waals surface area contributed by atoms with Gasteiger partial charge in [0.1, 0.15) is 5.75 Å². The number of hydrogen-bond donors (Lipinski definition) is 1. The van der Waals surface area contributed by atoms with Gasteiger partial charge in [-0.25, -0.2) is 0 Å². The molecule has 2 atom stereocenters. The molecule has 2 nitrogen and oxygen atoms in total. The lowest BCUT2D eigenvalue weighted by atomic mass is 9.86. The Morgan fingerprint density at radius 1 is 1.19 bits per heavy atom. The molecule has 0 aliphatic heterocycles. The lowest BCUT2D eigenvalue weighted by Gasteiger charge is -2.27. The van der Waals surface area contributed by atoms with E-state index in [4.69, 9.17) is 4.74 Å². The van der Waals surface area contributed by atoms with Crippen LogP contribution in [-0.4, -0.2) is 14.2 Å². The first-order valence-electron chi connectivity index (χ1n) is 5.91. The minimum Gasteiger partial charge on any atom is -0.497 e. The van der Waals surface area contributed by atoms with Crippen LogP contribution in [0, 0.1) is 11.8 Å². The molecule has 90 valence electrons. The molecule has 16 heavy (non-hydrogen) atoms. The molecule has 1 N–H and O–H groups in total. The SMILES string of the molecule is CNC(c1cccc(OC)c1)C(C)C(C)C. The van der Waals surface area contributed by atoms with Crippen LogP contribution in [0.1, 0.15) is 32.4 Å². The van der Waals surface area contributed by atoms with Crippen LogP contribution >= 0.6 is 0 Å². The second-order valence-corrected chi connectivity index (χ2v) is 4.65. The molecule has 0 aliphatic rings. The van der Waals surface area contributed by atoms with E-state index in [1.807, 2.05) is 19.2 Å². The zero-order valence-electron chi connectivity index (χ0n) is 10.9. The Morgan fingerprint density at radius 3 is 2.38 bits per heavy atom. The van der Waals surface area contributed by atoms with Crippen molar-refractivity contribution >= 4 is 0 Å². The van der Waals surface area contributed by atoms with E-state index in [2.05, 4.69) is 38.2 Å². The molecule has 1 aromatic rings. The Hall–Kier alpha value is -1.02. The highest BCUT2D eigenvalue weighted by Crippen LogP contribution is 2.29. The van der Waals surface area contributed by atoms with Gasteiger partial charge in [0.05, 0.1) is 7.11 Å². The maximum Gasteiger partial charge on any atom is 0.119 e. The predicted molar refractivity (Wildman–Crippen MR) is 68.8 cm³/mol. The summed E-state index contributed by atoms with van der Waals surface area (Å²) in [6.45, 7) is 6.80.